The van der Waals surface area contributed by atoms with Crippen LogP contribution in [0.3, 0.4) is 0 Å². The van der Waals surface area contributed by atoms with Crippen molar-refractivity contribution < 1.29 is 35.5 Å². The van der Waals surface area contributed by atoms with Crippen molar-refractivity contribution in [2.24, 2.45) is 5.10 Å². The molecule has 3 aromatic rings. The number of hydrogen-bond donors (Lipinski definition) is 1. The van der Waals surface area contributed by atoms with E-state index in [9.17, 15) is 22.0 Å². The van der Waals surface area contributed by atoms with Crippen LogP contribution in [0.2, 0.25) is 0 Å². The molecule has 0 saturated heterocycles. The van der Waals surface area contributed by atoms with Gasteiger partial charge in [-0.05, 0) is 32.0 Å². The minimum atomic E-state index is -5.11. The minimum absolute atomic E-state index is 0.0893. The Morgan fingerprint density at radius 3 is 2.37 bits per heavy atom. The molecule has 13 heteroatoms. The summed E-state index contributed by atoms with van der Waals surface area (Å²) in [6.45, 7) is 3.71. The number of aromatic nitrogens is 1. The Kier molecular flexibility index (Phi) is 7.33. The van der Waals surface area contributed by atoms with Gasteiger partial charge >= 0.3 is 6.09 Å². The van der Waals surface area contributed by atoms with Crippen molar-refractivity contribution in [2.75, 3.05) is 13.1 Å². The molecular formula is C25H21F4N4O4S+. The molecule has 0 saturated carbocycles. The molecule has 0 aliphatic carbocycles. The SMILES string of the molecule is CCNC(=O)Oc1cc(S(=O)(=O)c2cc(F)ccc2F)c(F)c(C2=N[N+](CC)(c3ccncc3)C=C2)c1F. The average Bonchev–Trinajstić information content (AvgIpc) is 3.33. The minimum Gasteiger partial charge on any atom is -0.407 e. The Hall–Kier alpha value is -4.10. The van der Waals surface area contributed by atoms with Gasteiger partial charge in [-0.1, -0.05) is 5.10 Å². The highest BCUT2D eigenvalue weighted by Gasteiger charge is 2.38. The number of amides is 1. The Morgan fingerprint density at radius 2 is 1.71 bits per heavy atom. The second-order valence-corrected chi connectivity index (χ2v) is 9.91. The fourth-order valence-corrected chi connectivity index (χ4v) is 5.29. The maximum absolute atomic E-state index is 15.9. The van der Waals surface area contributed by atoms with E-state index >= 15 is 8.78 Å². The van der Waals surface area contributed by atoms with E-state index in [-0.39, 0.29) is 16.8 Å². The zero-order chi connectivity index (χ0) is 27.7. The first-order chi connectivity index (χ1) is 18.0. The van der Waals surface area contributed by atoms with E-state index in [1.807, 2.05) is 0 Å². The highest BCUT2D eigenvalue weighted by Crippen LogP contribution is 2.37. The third-order valence-electron chi connectivity index (χ3n) is 5.74. The maximum Gasteiger partial charge on any atom is 0.412 e. The smallest absolute Gasteiger partial charge is 0.407 e. The summed E-state index contributed by atoms with van der Waals surface area (Å²) in [5, 5.41) is 6.68. The molecule has 1 aromatic heterocycles. The molecule has 1 N–H and O–H groups in total. The summed E-state index contributed by atoms with van der Waals surface area (Å²) in [6.07, 6.45) is 4.67. The molecule has 1 unspecified atom stereocenters. The molecule has 0 fully saturated rings. The number of hydrogen-bond acceptors (Lipinski definition) is 6. The van der Waals surface area contributed by atoms with Crippen LogP contribution >= 0.6 is 0 Å². The molecule has 2 heterocycles. The van der Waals surface area contributed by atoms with Gasteiger partial charge in [0.05, 0.1) is 5.56 Å². The van der Waals surface area contributed by atoms with Gasteiger partial charge in [0.15, 0.2) is 23.1 Å². The molecule has 38 heavy (non-hydrogen) atoms. The first-order valence-electron chi connectivity index (χ1n) is 11.3. The molecule has 0 bridgehead atoms. The van der Waals surface area contributed by atoms with E-state index in [4.69, 9.17) is 4.74 Å². The molecule has 1 atom stereocenters. The summed E-state index contributed by atoms with van der Waals surface area (Å²) in [5.74, 6) is -6.45. The lowest BCUT2D eigenvalue weighted by Crippen LogP contribution is -2.36. The van der Waals surface area contributed by atoms with Crippen molar-refractivity contribution >= 4 is 27.3 Å². The van der Waals surface area contributed by atoms with Crippen molar-refractivity contribution in [1.29, 1.82) is 0 Å². The van der Waals surface area contributed by atoms with Crippen LogP contribution in [-0.4, -0.2) is 38.3 Å². The number of quaternary nitrogens is 1. The molecule has 1 aliphatic rings. The number of allylic oxidation sites excluding steroid dienone is 1. The molecule has 2 aromatic carbocycles. The number of rotatable bonds is 7. The number of pyridine rings is 1. The van der Waals surface area contributed by atoms with Crippen LogP contribution in [0.1, 0.15) is 19.4 Å². The number of benzene rings is 2. The number of halogens is 4. The number of sulfone groups is 1. The number of carbonyl (C=O) groups is 1. The van der Waals surface area contributed by atoms with Crippen LogP contribution in [0.15, 0.2) is 76.0 Å². The van der Waals surface area contributed by atoms with Gasteiger partial charge in [-0.2, -0.15) is 0 Å². The van der Waals surface area contributed by atoms with E-state index < -0.39 is 60.3 Å². The Bertz CT molecular complexity index is 1580. The van der Waals surface area contributed by atoms with Gasteiger partial charge in [-0.25, -0.2) is 30.8 Å². The van der Waals surface area contributed by atoms with Gasteiger partial charge in [0, 0.05) is 43.2 Å². The molecular weight excluding hydrogens is 528 g/mol. The van der Waals surface area contributed by atoms with Crippen LogP contribution in [0.25, 0.3) is 0 Å². The van der Waals surface area contributed by atoms with E-state index in [0.717, 1.165) is 0 Å². The van der Waals surface area contributed by atoms with Crippen LogP contribution in [0.5, 0.6) is 5.75 Å². The van der Waals surface area contributed by atoms with Crippen molar-refractivity contribution in [3.8, 4) is 5.75 Å². The fraction of sp³-hybridized carbons (Fsp3) is 0.160. The molecule has 198 valence electrons. The normalized spacial score (nSPS) is 16.8. The van der Waals surface area contributed by atoms with Gasteiger partial charge in [-0.15, -0.1) is 4.59 Å². The molecule has 0 spiro atoms. The monoisotopic (exact) mass is 549 g/mol. The average molecular weight is 550 g/mol. The predicted molar refractivity (Wildman–Crippen MR) is 130 cm³/mol. The number of carbonyl (C=O) groups excluding carboxylic acids is 1. The zero-order valence-corrected chi connectivity index (χ0v) is 20.9. The number of nitrogens with zero attached hydrogens (tertiary/aromatic N) is 3. The third-order valence-corrected chi connectivity index (χ3v) is 7.51. The van der Waals surface area contributed by atoms with Crippen LogP contribution in [0, 0.1) is 23.3 Å². The third kappa shape index (κ3) is 4.77. The maximum atomic E-state index is 15.9. The van der Waals surface area contributed by atoms with Gasteiger partial charge in [0.2, 0.25) is 9.84 Å². The van der Waals surface area contributed by atoms with Crippen molar-refractivity contribution in [3.63, 3.8) is 0 Å². The predicted octanol–water partition coefficient (Wildman–Crippen LogP) is 4.84. The molecule has 8 nitrogen and oxygen atoms in total. The largest absolute Gasteiger partial charge is 0.412 e. The molecule has 1 amide bonds. The summed E-state index contributed by atoms with van der Waals surface area (Å²) in [5.41, 5.74) is -0.643. The number of nitrogens with one attached hydrogen (secondary N) is 1. The summed E-state index contributed by atoms with van der Waals surface area (Å²) in [7, 11) is -5.11. The van der Waals surface area contributed by atoms with Crippen LogP contribution < -0.4 is 14.6 Å². The summed E-state index contributed by atoms with van der Waals surface area (Å²) >= 11 is 0. The van der Waals surface area contributed by atoms with Crippen molar-refractivity contribution in [2.45, 2.75) is 23.6 Å². The van der Waals surface area contributed by atoms with Gasteiger partial charge in [0.1, 0.15) is 39.9 Å². The van der Waals surface area contributed by atoms with Gasteiger partial charge in [-0.3, -0.25) is 4.98 Å². The first-order valence-corrected chi connectivity index (χ1v) is 12.8. The quantitative estimate of drug-likeness (QED) is 0.259. The Morgan fingerprint density at radius 1 is 1.00 bits per heavy atom. The lowest BCUT2D eigenvalue weighted by molar-refractivity contribution is 0.198. The van der Waals surface area contributed by atoms with Crippen molar-refractivity contribution in [1.82, 2.24) is 14.9 Å². The standard InChI is InChI=1S/C25H20F4N4O4S/c1-3-31-25(34)37-19-14-21(38(35,36)20-13-15(26)5-6-17(20)27)24(29)22(23(19)28)18-9-12-33(4-2,32-18)16-7-10-30-11-8-16/h5-14H,3-4H2,1-2H3/p+1. The Labute approximate surface area is 215 Å². The second-order valence-electron chi connectivity index (χ2n) is 8.02. The zero-order valence-electron chi connectivity index (χ0n) is 20.1. The summed E-state index contributed by atoms with van der Waals surface area (Å²) in [6, 6.07) is 5.31. The van der Waals surface area contributed by atoms with Gasteiger partial charge in [0.25, 0.3) is 0 Å². The molecule has 4 rings (SSSR count). The van der Waals surface area contributed by atoms with E-state index in [0.29, 0.717) is 36.5 Å². The molecule has 0 radical (unpaired) electrons. The highest BCUT2D eigenvalue weighted by atomic mass is 32.2. The summed E-state index contributed by atoms with van der Waals surface area (Å²) < 4.78 is 91.0. The lowest BCUT2D eigenvalue weighted by atomic mass is 10.1. The Balaban J connectivity index is 1.97. The van der Waals surface area contributed by atoms with Crippen LogP contribution in [0.4, 0.5) is 28.0 Å². The van der Waals surface area contributed by atoms with Crippen LogP contribution in [-0.2, 0) is 9.84 Å². The van der Waals surface area contributed by atoms with E-state index in [2.05, 4.69) is 15.4 Å². The molecule has 1 aliphatic heterocycles. The first kappa shape index (κ1) is 26.9. The summed E-state index contributed by atoms with van der Waals surface area (Å²) in [4.78, 5) is 13.6. The van der Waals surface area contributed by atoms with Crippen molar-refractivity contribution in [3.05, 3.63) is 89.9 Å². The lowest BCUT2D eigenvalue weighted by Gasteiger charge is -2.23. The fourth-order valence-electron chi connectivity index (χ4n) is 3.86. The van der Waals surface area contributed by atoms with Gasteiger partial charge < -0.3 is 10.1 Å². The van der Waals surface area contributed by atoms with E-state index in [1.54, 1.807) is 26.0 Å². The van der Waals surface area contributed by atoms with E-state index in [1.165, 1.54) is 24.7 Å². The highest BCUT2D eigenvalue weighted by molar-refractivity contribution is 7.91. The topological polar surface area (TPSA) is 97.7 Å². The second kappa shape index (κ2) is 10.3. The number of ether oxygens (including phenoxy) is 1.